The number of amides is 3. The summed E-state index contributed by atoms with van der Waals surface area (Å²) in [6.45, 7) is 0. The molecule has 0 aliphatic carbocycles. The molecule has 0 saturated carbocycles. The first-order valence-electron chi connectivity index (χ1n) is 6.82. The van der Waals surface area contributed by atoms with Gasteiger partial charge in [0, 0.05) is 17.5 Å². The first kappa shape index (κ1) is 15.2. The molecule has 1 aromatic heterocycles. The third-order valence-corrected chi connectivity index (χ3v) is 3.69. The van der Waals surface area contributed by atoms with E-state index in [1.807, 2.05) is 0 Å². The number of benzene rings is 1. The van der Waals surface area contributed by atoms with Crippen LogP contribution in [0.15, 0.2) is 33.5 Å². The van der Waals surface area contributed by atoms with Gasteiger partial charge in [0.15, 0.2) is 11.2 Å². The lowest BCUT2D eigenvalue weighted by Gasteiger charge is -2.21. The van der Waals surface area contributed by atoms with Gasteiger partial charge in [-0.15, -0.1) is 0 Å². The molecule has 1 atom stereocenters. The minimum Gasteiger partial charge on any atom is -0.451 e. The van der Waals surface area contributed by atoms with Crippen LogP contribution in [0.4, 0.5) is 0 Å². The maximum Gasteiger partial charge on any atom is 0.287 e. The molecule has 2 N–H and O–H groups in total. The molecule has 118 valence electrons. The van der Waals surface area contributed by atoms with E-state index in [4.69, 9.17) is 16.0 Å². The maximum atomic E-state index is 12.2. The van der Waals surface area contributed by atoms with Crippen molar-refractivity contribution >= 4 is 40.3 Å². The number of nitrogens with one attached hydrogen (secondary N) is 2. The Bertz CT molecular complexity index is 889. The zero-order chi connectivity index (χ0) is 16.6. The Morgan fingerprint density at radius 3 is 2.78 bits per heavy atom. The Labute approximate surface area is 134 Å². The van der Waals surface area contributed by atoms with Crippen molar-refractivity contribution in [3.05, 3.63) is 45.3 Å². The lowest BCUT2D eigenvalue weighted by Crippen LogP contribution is -2.52. The molecule has 1 fully saturated rings. The van der Waals surface area contributed by atoms with E-state index in [-0.39, 0.29) is 35.5 Å². The minimum absolute atomic E-state index is 0.136. The van der Waals surface area contributed by atoms with Crippen LogP contribution in [0, 0.1) is 0 Å². The third kappa shape index (κ3) is 3.09. The second kappa shape index (κ2) is 5.85. The highest BCUT2D eigenvalue weighted by Crippen LogP contribution is 2.18. The minimum atomic E-state index is -0.841. The second-order valence-corrected chi connectivity index (χ2v) is 5.53. The van der Waals surface area contributed by atoms with Gasteiger partial charge in [0.25, 0.3) is 5.91 Å². The van der Waals surface area contributed by atoms with Crippen LogP contribution in [0.5, 0.6) is 0 Å². The summed E-state index contributed by atoms with van der Waals surface area (Å²) in [6, 6.07) is 4.67. The number of fused-ring (bicyclic) bond motifs is 1. The number of rotatable bonds is 2. The molecule has 1 unspecified atom stereocenters. The Morgan fingerprint density at radius 2 is 2.04 bits per heavy atom. The van der Waals surface area contributed by atoms with Crippen LogP contribution in [0.1, 0.15) is 23.4 Å². The van der Waals surface area contributed by atoms with Crippen molar-refractivity contribution in [3.8, 4) is 0 Å². The molecule has 1 aromatic carbocycles. The van der Waals surface area contributed by atoms with Gasteiger partial charge in [-0.2, -0.15) is 0 Å². The number of hydrogen-bond donors (Lipinski definition) is 2. The number of carbonyl (C=O) groups excluding carboxylic acids is 3. The summed E-state index contributed by atoms with van der Waals surface area (Å²) >= 11 is 5.82. The molecular formula is C15H11ClN2O5. The van der Waals surface area contributed by atoms with E-state index in [1.54, 1.807) is 0 Å². The largest absolute Gasteiger partial charge is 0.451 e. The van der Waals surface area contributed by atoms with Crippen molar-refractivity contribution in [2.45, 2.75) is 18.9 Å². The zero-order valence-electron chi connectivity index (χ0n) is 11.7. The van der Waals surface area contributed by atoms with E-state index in [1.165, 1.54) is 18.2 Å². The van der Waals surface area contributed by atoms with E-state index in [2.05, 4.69) is 10.6 Å². The smallest absolute Gasteiger partial charge is 0.287 e. The topological polar surface area (TPSA) is 105 Å². The predicted molar refractivity (Wildman–Crippen MR) is 81.1 cm³/mol. The van der Waals surface area contributed by atoms with Crippen molar-refractivity contribution in [2.24, 2.45) is 0 Å². The molecule has 3 amide bonds. The summed E-state index contributed by atoms with van der Waals surface area (Å²) in [7, 11) is 0. The lowest BCUT2D eigenvalue weighted by atomic mass is 10.1. The average molecular weight is 335 g/mol. The van der Waals surface area contributed by atoms with E-state index < -0.39 is 23.3 Å². The van der Waals surface area contributed by atoms with Gasteiger partial charge in [-0.1, -0.05) is 11.6 Å². The molecule has 23 heavy (non-hydrogen) atoms. The van der Waals surface area contributed by atoms with E-state index in [0.717, 1.165) is 6.07 Å². The molecule has 2 aromatic rings. The van der Waals surface area contributed by atoms with Crippen molar-refractivity contribution in [3.63, 3.8) is 0 Å². The van der Waals surface area contributed by atoms with Crippen molar-refractivity contribution in [2.75, 3.05) is 0 Å². The summed E-state index contributed by atoms with van der Waals surface area (Å²) in [6.07, 6.45) is 0.334. The van der Waals surface area contributed by atoms with Crippen LogP contribution in [-0.2, 0) is 9.59 Å². The van der Waals surface area contributed by atoms with E-state index in [9.17, 15) is 19.2 Å². The number of carbonyl (C=O) groups is 3. The van der Waals surface area contributed by atoms with Gasteiger partial charge in [-0.05, 0) is 24.6 Å². The first-order valence-corrected chi connectivity index (χ1v) is 7.20. The zero-order valence-corrected chi connectivity index (χ0v) is 12.5. The molecule has 2 heterocycles. The highest BCUT2D eigenvalue weighted by Gasteiger charge is 2.28. The fourth-order valence-corrected chi connectivity index (χ4v) is 2.47. The Balaban J connectivity index is 1.87. The van der Waals surface area contributed by atoms with Crippen molar-refractivity contribution < 1.29 is 18.8 Å². The van der Waals surface area contributed by atoms with Gasteiger partial charge >= 0.3 is 0 Å². The predicted octanol–water partition coefficient (Wildman–Crippen LogP) is 0.981. The van der Waals surface area contributed by atoms with Gasteiger partial charge < -0.3 is 9.73 Å². The molecule has 0 spiro atoms. The average Bonchev–Trinajstić information content (AvgIpc) is 2.50. The summed E-state index contributed by atoms with van der Waals surface area (Å²) in [5.41, 5.74) is -0.197. The standard InChI is InChI=1S/C15H11ClN2O5/c16-7-1-3-11-8(5-7)10(19)6-12(23-11)15(22)17-9-2-4-13(20)18-14(9)21/h1,3,5-6,9H,2,4H2,(H,17,22)(H,18,20,21). The number of halogens is 1. The molecule has 1 saturated heterocycles. The fraction of sp³-hybridized carbons (Fsp3) is 0.200. The molecule has 7 nitrogen and oxygen atoms in total. The number of hydrogen-bond acceptors (Lipinski definition) is 5. The van der Waals surface area contributed by atoms with Gasteiger partial charge in [-0.3, -0.25) is 24.5 Å². The summed E-state index contributed by atoms with van der Waals surface area (Å²) in [5.74, 6) is -1.87. The molecule has 0 radical (unpaired) electrons. The van der Waals surface area contributed by atoms with Crippen LogP contribution in [-0.4, -0.2) is 23.8 Å². The Kier molecular flexibility index (Phi) is 3.87. The van der Waals surface area contributed by atoms with Crippen LogP contribution < -0.4 is 16.1 Å². The Morgan fingerprint density at radius 1 is 1.26 bits per heavy atom. The second-order valence-electron chi connectivity index (χ2n) is 5.09. The molecule has 1 aliphatic heterocycles. The number of piperidine rings is 1. The lowest BCUT2D eigenvalue weighted by molar-refractivity contribution is -0.134. The monoisotopic (exact) mass is 334 g/mol. The summed E-state index contributed by atoms with van der Waals surface area (Å²) in [4.78, 5) is 46.9. The van der Waals surface area contributed by atoms with Crippen LogP contribution in [0.25, 0.3) is 11.0 Å². The van der Waals surface area contributed by atoms with Crippen LogP contribution >= 0.6 is 11.6 Å². The van der Waals surface area contributed by atoms with Gasteiger partial charge in [0.05, 0.1) is 5.39 Å². The summed E-state index contributed by atoms with van der Waals surface area (Å²) in [5, 5.41) is 5.22. The highest BCUT2D eigenvalue weighted by molar-refractivity contribution is 6.31. The third-order valence-electron chi connectivity index (χ3n) is 3.46. The fourth-order valence-electron chi connectivity index (χ4n) is 2.30. The van der Waals surface area contributed by atoms with Crippen molar-refractivity contribution in [1.29, 1.82) is 0 Å². The van der Waals surface area contributed by atoms with Gasteiger partial charge in [0.2, 0.25) is 11.8 Å². The molecule has 1 aliphatic rings. The van der Waals surface area contributed by atoms with Gasteiger partial charge in [-0.25, -0.2) is 0 Å². The molecule has 3 rings (SSSR count). The Hall–Kier alpha value is -2.67. The van der Waals surface area contributed by atoms with E-state index in [0.29, 0.717) is 5.02 Å². The highest BCUT2D eigenvalue weighted by atomic mass is 35.5. The quantitative estimate of drug-likeness (QED) is 0.796. The molecular weight excluding hydrogens is 324 g/mol. The first-order chi connectivity index (χ1) is 10.9. The van der Waals surface area contributed by atoms with Crippen molar-refractivity contribution in [1.82, 2.24) is 10.6 Å². The SMILES string of the molecule is O=C1CCC(NC(=O)c2cc(=O)c3cc(Cl)ccc3o2)C(=O)N1. The molecule has 0 bridgehead atoms. The van der Waals surface area contributed by atoms with E-state index >= 15 is 0 Å². The van der Waals surface area contributed by atoms with Gasteiger partial charge in [0.1, 0.15) is 11.6 Å². The van der Waals surface area contributed by atoms with Crippen LogP contribution in [0.3, 0.4) is 0 Å². The summed E-state index contributed by atoms with van der Waals surface area (Å²) < 4.78 is 5.39. The maximum absolute atomic E-state index is 12.2. The molecule has 8 heteroatoms. The number of imide groups is 1. The normalized spacial score (nSPS) is 17.9. The van der Waals surface area contributed by atoms with Crippen LogP contribution in [0.2, 0.25) is 5.02 Å².